The Kier molecular flexibility index (Phi) is 7.94. The SMILES string of the molecule is Cc1c(C(N)=O)sc(NC(=O)CSc2nnc(C3CCCCC3)n2C)c1C(=O)OC(C)C. The van der Waals surface area contributed by atoms with Crippen molar-refractivity contribution in [3.05, 3.63) is 21.8 Å². The van der Waals surface area contributed by atoms with Crippen LogP contribution in [0.5, 0.6) is 0 Å². The van der Waals surface area contributed by atoms with Gasteiger partial charge in [-0.05, 0) is 39.2 Å². The molecule has 0 unspecified atom stereocenters. The predicted octanol–water partition coefficient (Wildman–Crippen LogP) is 3.63. The maximum Gasteiger partial charge on any atom is 0.341 e. The molecule has 1 fully saturated rings. The van der Waals surface area contributed by atoms with E-state index in [2.05, 4.69) is 15.5 Å². The van der Waals surface area contributed by atoms with Crippen molar-refractivity contribution in [1.82, 2.24) is 14.8 Å². The Morgan fingerprint density at radius 1 is 1.25 bits per heavy atom. The molecule has 2 aromatic rings. The van der Waals surface area contributed by atoms with Crippen molar-refractivity contribution in [1.29, 1.82) is 0 Å². The van der Waals surface area contributed by atoms with Gasteiger partial charge in [-0.15, -0.1) is 21.5 Å². The van der Waals surface area contributed by atoms with Crippen molar-refractivity contribution in [3.8, 4) is 0 Å². The van der Waals surface area contributed by atoms with Crippen LogP contribution in [0.2, 0.25) is 0 Å². The lowest BCUT2D eigenvalue weighted by Crippen LogP contribution is -2.18. The molecule has 0 aromatic carbocycles. The molecule has 32 heavy (non-hydrogen) atoms. The van der Waals surface area contributed by atoms with E-state index in [0.717, 1.165) is 30.0 Å². The van der Waals surface area contributed by atoms with E-state index in [1.807, 2.05) is 11.6 Å². The van der Waals surface area contributed by atoms with E-state index >= 15 is 0 Å². The number of nitrogens with zero attached hydrogens (tertiary/aromatic N) is 3. The number of esters is 1. The van der Waals surface area contributed by atoms with Gasteiger partial charge in [-0.3, -0.25) is 9.59 Å². The number of anilines is 1. The minimum atomic E-state index is -0.657. The summed E-state index contributed by atoms with van der Waals surface area (Å²) in [5.74, 6) is -0.123. The predicted molar refractivity (Wildman–Crippen MR) is 124 cm³/mol. The Hall–Kier alpha value is -2.40. The maximum atomic E-state index is 12.6. The van der Waals surface area contributed by atoms with Crippen LogP contribution in [-0.4, -0.2) is 44.4 Å². The lowest BCUT2D eigenvalue weighted by Gasteiger charge is -2.20. The van der Waals surface area contributed by atoms with Gasteiger partial charge in [-0.2, -0.15) is 0 Å². The first-order valence-corrected chi connectivity index (χ1v) is 12.4. The standard InChI is InChI=1S/C21H29N5O4S2/c1-11(2)30-20(29)15-12(3)16(17(22)28)32-19(15)23-14(27)10-31-21-25-24-18(26(21)4)13-8-6-5-7-9-13/h11,13H,5-10H2,1-4H3,(H2,22,28)(H,23,27). The Morgan fingerprint density at radius 2 is 1.94 bits per heavy atom. The number of amides is 2. The molecule has 1 aliphatic rings. The van der Waals surface area contributed by atoms with E-state index in [1.165, 1.54) is 31.0 Å². The molecule has 0 bridgehead atoms. The van der Waals surface area contributed by atoms with Crippen molar-refractivity contribution in [3.63, 3.8) is 0 Å². The largest absolute Gasteiger partial charge is 0.459 e. The average molecular weight is 480 g/mol. The number of hydrogen-bond donors (Lipinski definition) is 2. The molecule has 174 valence electrons. The first-order valence-electron chi connectivity index (χ1n) is 10.6. The van der Waals surface area contributed by atoms with Crippen LogP contribution in [0.1, 0.15) is 83.3 Å². The number of ether oxygens (including phenoxy) is 1. The molecule has 11 heteroatoms. The van der Waals surface area contributed by atoms with Crippen LogP contribution in [0.25, 0.3) is 0 Å². The number of rotatable bonds is 8. The summed E-state index contributed by atoms with van der Waals surface area (Å²) in [4.78, 5) is 37.1. The van der Waals surface area contributed by atoms with Gasteiger partial charge in [0, 0.05) is 13.0 Å². The molecule has 0 aliphatic heterocycles. The van der Waals surface area contributed by atoms with Gasteiger partial charge in [0.05, 0.1) is 22.3 Å². The molecule has 0 saturated heterocycles. The second-order valence-corrected chi connectivity index (χ2v) is 10.1. The van der Waals surface area contributed by atoms with Crippen molar-refractivity contribution < 1.29 is 19.1 Å². The molecular weight excluding hydrogens is 450 g/mol. The van der Waals surface area contributed by atoms with Gasteiger partial charge >= 0.3 is 5.97 Å². The Morgan fingerprint density at radius 3 is 2.56 bits per heavy atom. The van der Waals surface area contributed by atoms with Gasteiger partial charge in [0.15, 0.2) is 5.16 Å². The maximum absolute atomic E-state index is 12.6. The third-order valence-corrected chi connectivity index (χ3v) is 7.58. The summed E-state index contributed by atoms with van der Waals surface area (Å²) in [6.45, 7) is 5.07. The summed E-state index contributed by atoms with van der Waals surface area (Å²) < 4.78 is 7.23. The highest BCUT2D eigenvalue weighted by Crippen LogP contribution is 2.35. The fraction of sp³-hybridized carbons (Fsp3) is 0.571. The second kappa shape index (κ2) is 10.5. The first kappa shape index (κ1) is 24.2. The molecule has 2 aromatic heterocycles. The number of thiophene rings is 1. The third-order valence-electron chi connectivity index (χ3n) is 5.34. The summed E-state index contributed by atoms with van der Waals surface area (Å²) in [6.07, 6.45) is 5.57. The van der Waals surface area contributed by atoms with E-state index in [1.54, 1.807) is 20.8 Å². The third kappa shape index (κ3) is 5.50. The number of nitrogens with two attached hydrogens (primary N) is 1. The number of nitrogens with one attached hydrogen (secondary N) is 1. The van der Waals surface area contributed by atoms with Crippen molar-refractivity contribution in [2.45, 2.75) is 70.1 Å². The van der Waals surface area contributed by atoms with Gasteiger partial charge < -0.3 is 20.4 Å². The Balaban J connectivity index is 1.70. The van der Waals surface area contributed by atoms with Crippen LogP contribution in [0.4, 0.5) is 5.00 Å². The van der Waals surface area contributed by atoms with Crippen molar-refractivity contribution >= 4 is 45.9 Å². The van der Waals surface area contributed by atoms with E-state index in [9.17, 15) is 14.4 Å². The van der Waals surface area contributed by atoms with Crippen LogP contribution < -0.4 is 11.1 Å². The summed E-state index contributed by atoms with van der Waals surface area (Å²) >= 11 is 2.25. The average Bonchev–Trinajstić information content (AvgIpc) is 3.26. The van der Waals surface area contributed by atoms with Crippen LogP contribution in [0.3, 0.4) is 0 Å². The monoisotopic (exact) mass is 479 g/mol. The molecule has 3 rings (SSSR count). The molecular formula is C21H29N5O4S2. The Bertz CT molecular complexity index is 1010. The summed E-state index contributed by atoms with van der Waals surface area (Å²) in [5, 5.41) is 12.3. The number of thioether (sulfide) groups is 1. The Labute approximate surface area is 195 Å². The van der Waals surface area contributed by atoms with Gasteiger partial charge in [0.25, 0.3) is 5.91 Å². The highest BCUT2D eigenvalue weighted by Gasteiger charge is 2.27. The first-order chi connectivity index (χ1) is 15.2. The van der Waals surface area contributed by atoms with Crippen LogP contribution in [-0.2, 0) is 16.6 Å². The van der Waals surface area contributed by atoms with E-state index in [0.29, 0.717) is 16.6 Å². The summed E-state index contributed by atoms with van der Waals surface area (Å²) in [6, 6.07) is 0. The topological polar surface area (TPSA) is 129 Å². The molecule has 0 radical (unpaired) electrons. The zero-order valence-electron chi connectivity index (χ0n) is 18.8. The highest BCUT2D eigenvalue weighted by atomic mass is 32.2. The van der Waals surface area contributed by atoms with Crippen molar-refractivity contribution in [2.75, 3.05) is 11.1 Å². The van der Waals surface area contributed by atoms with Gasteiger partial charge in [-0.1, -0.05) is 31.0 Å². The minimum Gasteiger partial charge on any atom is -0.459 e. The van der Waals surface area contributed by atoms with E-state index in [-0.39, 0.29) is 33.2 Å². The fourth-order valence-corrected chi connectivity index (χ4v) is 5.60. The van der Waals surface area contributed by atoms with Gasteiger partial charge in [0.2, 0.25) is 5.91 Å². The number of primary amides is 1. The molecule has 1 saturated carbocycles. The molecule has 3 N–H and O–H groups in total. The van der Waals surface area contributed by atoms with Gasteiger partial charge in [-0.25, -0.2) is 4.79 Å². The molecule has 9 nitrogen and oxygen atoms in total. The van der Waals surface area contributed by atoms with E-state index < -0.39 is 11.9 Å². The highest BCUT2D eigenvalue weighted by molar-refractivity contribution is 7.99. The molecule has 0 spiro atoms. The summed E-state index contributed by atoms with van der Waals surface area (Å²) in [7, 11) is 1.92. The second-order valence-electron chi connectivity index (χ2n) is 8.15. The zero-order valence-corrected chi connectivity index (χ0v) is 20.4. The lowest BCUT2D eigenvalue weighted by molar-refractivity contribution is -0.113. The van der Waals surface area contributed by atoms with Crippen molar-refractivity contribution in [2.24, 2.45) is 12.8 Å². The van der Waals surface area contributed by atoms with Gasteiger partial charge in [0.1, 0.15) is 10.8 Å². The van der Waals surface area contributed by atoms with Crippen LogP contribution in [0.15, 0.2) is 5.16 Å². The fourth-order valence-electron chi connectivity index (χ4n) is 3.82. The quantitative estimate of drug-likeness (QED) is 0.437. The molecule has 2 heterocycles. The summed E-state index contributed by atoms with van der Waals surface area (Å²) in [5.41, 5.74) is 5.99. The number of carbonyl (C=O) groups excluding carboxylic acids is 3. The molecule has 0 atom stereocenters. The molecule has 2 amide bonds. The molecule has 1 aliphatic carbocycles. The van der Waals surface area contributed by atoms with E-state index in [4.69, 9.17) is 10.5 Å². The number of hydrogen-bond acceptors (Lipinski definition) is 8. The number of aromatic nitrogens is 3. The number of carbonyl (C=O) groups is 3. The zero-order chi connectivity index (χ0) is 23.4. The van der Waals surface area contributed by atoms with Crippen LogP contribution >= 0.6 is 23.1 Å². The smallest absolute Gasteiger partial charge is 0.341 e. The van der Waals surface area contributed by atoms with Crippen LogP contribution in [0, 0.1) is 6.92 Å². The normalized spacial score (nSPS) is 14.5. The minimum absolute atomic E-state index is 0.0815. The lowest BCUT2D eigenvalue weighted by atomic mass is 9.89.